The van der Waals surface area contributed by atoms with Crippen LogP contribution in [0.2, 0.25) is 0 Å². The molecule has 0 heterocycles. The van der Waals surface area contributed by atoms with Crippen molar-refractivity contribution < 1.29 is 22.7 Å². The predicted octanol–water partition coefficient (Wildman–Crippen LogP) is 3.88. The second-order valence-corrected chi connectivity index (χ2v) is 9.50. The number of anilines is 2. The number of rotatable bonds is 7. The molecule has 3 rings (SSSR count). The van der Waals surface area contributed by atoms with Crippen molar-refractivity contribution in [1.82, 2.24) is 0 Å². The maximum Gasteiger partial charge on any atom is 0.338 e. The molecule has 0 fully saturated rings. The van der Waals surface area contributed by atoms with Crippen molar-refractivity contribution in [2.75, 3.05) is 16.7 Å². The van der Waals surface area contributed by atoms with Gasteiger partial charge in [0.1, 0.15) is 6.07 Å². The predicted molar refractivity (Wildman–Crippen MR) is 128 cm³/mol. The largest absolute Gasteiger partial charge is 0.449 e. The number of sulfonamides is 1. The van der Waals surface area contributed by atoms with Crippen LogP contribution in [0.1, 0.15) is 28.4 Å². The lowest BCUT2D eigenvalue weighted by Gasteiger charge is -2.20. The second-order valence-electron chi connectivity index (χ2n) is 7.53. The zero-order valence-corrected chi connectivity index (χ0v) is 19.7. The summed E-state index contributed by atoms with van der Waals surface area (Å²) >= 11 is 0. The van der Waals surface area contributed by atoms with Gasteiger partial charge in [-0.25, -0.2) is 13.2 Å². The molecule has 0 aliphatic carbocycles. The SMILES string of the molecule is Cc1ccc(S(=O)(=O)N(C)c2ccc(C(=O)OC(C)C(=O)Nc3ccccc3C#N)cc2)cc1. The average Bonchev–Trinajstić information content (AvgIpc) is 2.84. The highest BCUT2D eigenvalue weighted by atomic mass is 32.2. The Balaban J connectivity index is 1.67. The molecule has 0 aliphatic rings. The van der Waals surface area contributed by atoms with Gasteiger partial charge >= 0.3 is 5.97 Å². The standard InChI is InChI=1S/C25H23N3O5S/c1-17-8-14-22(15-9-17)34(31,32)28(3)21-12-10-19(11-13-21)25(30)33-18(2)24(29)27-23-7-5-4-6-20(23)16-26/h4-15,18H,1-3H3,(H,27,29). The van der Waals surface area contributed by atoms with Gasteiger partial charge in [-0.15, -0.1) is 0 Å². The minimum absolute atomic E-state index is 0.155. The highest BCUT2D eigenvalue weighted by Gasteiger charge is 2.23. The molecule has 3 aromatic rings. The van der Waals surface area contributed by atoms with Crippen LogP contribution in [0.25, 0.3) is 0 Å². The van der Waals surface area contributed by atoms with E-state index in [4.69, 9.17) is 10.00 Å². The van der Waals surface area contributed by atoms with Gasteiger partial charge in [-0.1, -0.05) is 29.8 Å². The maximum absolute atomic E-state index is 12.8. The highest BCUT2D eigenvalue weighted by molar-refractivity contribution is 7.92. The number of carbonyl (C=O) groups is 2. The van der Waals surface area contributed by atoms with E-state index >= 15 is 0 Å². The first-order chi connectivity index (χ1) is 16.1. The van der Waals surface area contributed by atoms with E-state index in [1.54, 1.807) is 36.4 Å². The molecule has 1 N–H and O–H groups in total. The summed E-state index contributed by atoms with van der Waals surface area (Å²) in [5.74, 6) is -1.33. The minimum atomic E-state index is -3.77. The second kappa shape index (κ2) is 10.2. The van der Waals surface area contributed by atoms with Crippen LogP contribution in [0.4, 0.5) is 11.4 Å². The molecule has 0 spiro atoms. The minimum Gasteiger partial charge on any atom is -0.449 e. The van der Waals surface area contributed by atoms with Crippen molar-refractivity contribution in [2.24, 2.45) is 0 Å². The van der Waals surface area contributed by atoms with E-state index in [9.17, 15) is 18.0 Å². The third-order valence-corrected chi connectivity index (χ3v) is 6.90. The Morgan fingerprint density at radius 2 is 1.62 bits per heavy atom. The molecule has 0 radical (unpaired) electrons. The molecule has 174 valence electrons. The summed E-state index contributed by atoms with van der Waals surface area (Å²) in [5, 5.41) is 11.7. The summed E-state index contributed by atoms with van der Waals surface area (Å²) in [6.45, 7) is 3.28. The molecule has 34 heavy (non-hydrogen) atoms. The van der Waals surface area contributed by atoms with Crippen LogP contribution < -0.4 is 9.62 Å². The number of carbonyl (C=O) groups excluding carboxylic acids is 2. The Morgan fingerprint density at radius 1 is 1.00 bits per heavy atom. The number of nitriles is 1. The molecule has 8 nitrogen and oxygen atoms in total. The summed E-state index contributed by atoms with van der Waals surface area (Å²) < 4.78 is 32.0. The number of amides is 1. The smallest absolute Gasteiger partial charge is 0.338 e. The number of nitrogens with one attached hydrogen (secondary N) is 1. The third-order valence-electron chi connectivity index (χ3n) is 5.10. The summed E-state index contributed by atoms with van der Waals surface area (Å²) in [7, 11) is -2.34. The summed E-state index contributed by atoms with van der Waals surface area (Å²) in [4.78, 5) is 25.0. The van der Waals surface area contributed by atoms with Gasteiger partial charge < -0.3 is 10.1 Å². The number of aryl methyl sites for hydroxylation is 1. The number of para-hydroxylation sites is 1. The molecule has 3 aromatic carbocycles. The fourth-order valence-electron chi connectivity index (χ4n) is 3.02. The van der Waals surface area contributed by atoms with Crippen LogP contribution in [0.15, 0.2) is 77.7 Å². The maximum atomic E-state index is 12.8. The van der Waals surface area contributed by atoms with Crippen LogP contribution in [0.5, 0.6) is 0 Å². The molecule has 0 saturated heterocycles. The molecule has 1 amide bonds. The van der Waals surface area contributed by atoms with Crippen LogP contribution in [-0.4, -0.2) is 33.4 Å². The first-order valence-electron chi connectivity index (χ1n) is 10.3. The summed E-state index contributed by atoms with van der Waals surface area (Å²) in [6, 6.07) is 20.8. The van der Waals surface area contributed by atoms with Gasteiger partial charge in [-0.3, -0.25) is 9.10 Å². The van der Waals surface area contributed by atoms with Gasteiger partial charge in [-0.2, -0.15) is 5.26 Å². The molecule has 0 aliphatic heterocycles. The molecule has 1 atom stereocenters. The van der Waals surface area contributed by atoms with Crippen molar-refractivity contribution in [3.05, 3.63) is 89.5 Å². The van der Waals surface area contributed by atoms with Crippen molar-refractivity contribution in [3.63, 3.8) is 0 Å². The first-order valence-corrected chi connectivity index (χ1v) is 11.7. The Morgan fingerprint density at radius 3 is 2.24 bits per heavy atom. The average molecular weight is 478 g/mol. The van der Waals surface area contributed by atoms with Crippen molar-refractivity contribution in [3.8, 4) is 6.07 Å². The number of benzene rings is 3. The normalized spacial score (nSPS) is 11.7. The lowest BCUT2D eigenvalue weighted by atomic mass is 10.2. The van der Waals surface area contributed by atoms with E-state index in [1.807, 2.05) is 13.0 Å². The zero-order chi connectivity index (χ0) is 24.9. The Labute approximate surface area is 198 Å². The van der Waals surface area contributed by atoms with Gasteiger partial charge in [0.25, 0.3) is 15.9 Å². The van der Waals surface area contributed by atoms with Crippen molar-refractivity contribution in [2.45, 2.75) is 24.8 Å². The topological polar surface area (TPSA) is 117 Å². The van der Waals surface area contributed by atoms with Gasteiger partial charge in [0.2, 0.25) is 0 Å². The number of esters is 1. The molecule has 9 heteroatoms. The van der Waals surface area contributed by atoms with E-state index < -0.39 is 28.0 Å². The lowest BCUT2D eigenvalue weighted by Crippen LogP contribution is -2.30. The molecular formula is C25H23N3O5S. The van der Waals surface area contributed by atoms with Crippen LogP contribution in [0, 0.1) is 18.3 Å². The summed E-state index contributed by atoms with van der Waals surface area (Å²) in [5.41, 5.74) is 2.06. The van der Waals surface area contributed by atoms with Gasteiger partial charge in [0.15, 0.2) is 6.10 Å². The van der Waals surface area contributed by atoms with Crippen LogP contribution in [0.3, 0.4) is 0 Å². The summed E-state index contributed by atoms with van der Waals surface area (Å²) in [6.07, 6.45) is -1.12. The fraction of sp³-hybridized carbons (Fsp3) is 0.160. The van der Waals surface area contributed by atoms with E-state index in [2.05, 4.69) is 5.32 Å². The van der Waals surface area contributed by atoms with E-state index in [0.717, 1.165) is 9.87 Å². The molecule has 1 unspecified atom stereocenters. The molecule has 0 saturated carbocycles. The third kappa shape index (κ3) is 5.42. The lowest BCUT2D eigenvalue weighted by molar-refractivity contribution is -0.123. The fourth-order valence-corrected chi connectivity index (χ4v) is 4.22. The Hall–Kier alpha value is -4.16. The van der Waals surface area contributed by atoms with Gasteiger partial charge in [0, 0.05) is 7.05 Å². The number of hydrogen-bond acceptors (Lipinski definition) is 6. The quantitative estimate of drug-likeness (QED) is 0.516. The van der Waals surface area contributed by atoms with E-state index in [0.29, 0.717) is 11.4 Å². The van der Waals surface area contributed by atoms with E-state index in [1.165, 1.54) is 50.4 Å². The monoisotopic (exact) mass is 477 g/mol. The van der Waals surface area contributed by atoms with Crippen LogP contribution in [-0.2, 0) is 19.6 Å². The molecule has 0 aromatic heterocycles. The number of ether oxygens (including phenoxy) is 1. The zero-order valence-electron chi connectivity index (χ0n) is 18.8. The first kappa shape index (κ1) is 24.5. The van der Waals surface area contributed by atoms with E-state index in [-0.39, 0.29) is 16.0 Å². The van der Waals surface area contributed by atoms with Gasteiger partial charge in [-0.05, 0) is 62.4 Å². The van der Waals surface area contributed by atoms with Crippen molar-refractivity contribution in [1.29, 1.82) is 5.26 Å². The number of hydrogen-bond donors (Lipinski definition) is 1. The van der Waals surface area contributed by atoms with Crippen LogP contribution >= 0.6 is 0 Å². The molecule has 0 bridgehead atoms. The number of nitrogens with zero attached hydrogens (tertiary/aromatic N) is 2. The van der Waals surface area contributed by atoms with Crippen molar-refractivity contribution >= 4 is 33.3 Å². The highest BCUT2D eigenvalue weighted by Crippen LogP contribution is 2.23. The Bertz CT molecular complexity index is 1340. The van der Waals surface area contributed by atoms with Gasteiger partial charge in [0.05, 0.1) is 27.4 Å². The molecular weight excluding hydrogens is 454 g/mol. The Kier molecular flexibility index (Phi) is 7.34.